The van der Waals surface area contributed by atoms with Crippen LogP contribution < -0.4 is 4.90 Å². The van der Waals surface area contributed by atoms with Gasteiger partial charge in [-0.05, 0) is 64.4 Å². The van der Waals surface area contributed by atoms with Crippen LogP contribution in [-0.2, 0) is 0 Å². The maximum atomic E-state index is 5.63. The molecular weight excluding hydrogens is 741 g/mol. The Morgan fingerprint density at radius 1 is 0.311 bits per heavy atom. The number of benzene rings is 9. The largest absolute Gasteiger partial charge is 0.310 e. The van der Waals surface area contributed by atoms with Crippen LogP contribution >= 0.6 is 0 Å². The summed E-state index contributed by atoms with van der Waals surface area (Å²) in [4.78, 5) is 18.4. The molecule has 4 heteroatoms. The molecular formula is C57H38N4. The van der Waals surface area contributed by atoms with Crippen LogP contribution in [-0.4, -0.2) is 15.0 Å². The van der Waals surface area contributed by atoms with Crippen molar-refractivity contribution in [2.45, 2.75) is 0 Å². The molecule has 286 valence electrons. The zero-order valence-electron chi connectivity index (χ0n) is 33.2. The van der Waals surface area contributed by atoms with Gasteiger partial charge in [0.25, 0.3) is 0 Å². The molecule has 0 atom stereocenters. The van der Waals surface area contributed by atoms with E-state index in [1.807, 2.05) is 12.1 Å². The maximum absolute atomic E-state index is 5.63. The highest BCUT2D eigenvalue weighted by molar-refractivity contribution is 6.23. The summed E-state index contributed by atoms with van der Waals surface area (Å²) in [6, 6.07) is 80.9. The van der Waals surface area contributed by atoms with Crippen LogP contribution in [0.4, 0.5) is 17.1 Å². The highest BCUT2D eigenvalue weighted by Crippen LogP contribution is 2.43. The third-order valence-corrected chi connectivity index (χ3v) is 11.5. The van der Waals surface area contributed by atoms with E-state index in [4.69, 9.17) is 15.0 Å². The van der Waals surface area contributed by atoms with E-state index in [-0.39, 0.29) is 0 Å². The second kappa shape index (κ2) is 15.5. The number of pyridine rings is 1. The van der Waals surface area contributed by atoms with Crippen molar-refractivity contribution in [1.29, 1.82) is 0 Å². The van der Waals surface area contributed by atoms with E-state index in [0.717, 1.165) is 78.3 Å². The first-order valence-corrected chi connectivity index (χ1v) is 20.6. The Labute approximate surface area is 354 Å². The Hall–Kier alpha value is -8.21. The molecule has 2 aromatic heterocycles. The minimum absolute atomic E-state index is 0.666. The van der Waals surface area contributed by atoms with E-state index < -0.39 is 0 Å². The third kappa shape index (κ3) is 6.76. The van der Waals surface area contributed by atoms with Crippen LogP contribution in [0.15, 0.2) is 231 Å². The van der Waals surface area contributed by atoms with Gasteiger partial charge in [0.15, 0.2) is 5.82 Å². The van der Waals surface area contributed by atoms with Crippen molar-refractivity contribution in [2.24, 2.45) is 0 Å². The molecule has 0 N–H and O–H groups in total. The molecule has 0 bridgehead atoms. The molecule has 0 aliphatic heterocycles. The molecule has 0 radical (unpaired) electrons. The quantitative estimate of drug-likeness (QED) is 0.144. The minimum atomic E-state index is 0.666. The smallest absolute Gasteiger partial charge is 0.160 e. The van der Waals surface area contributed by atoms with Gasteiger partial charge in [0.1, 0.15) is 0 Å². The standard InChI is InChI=1S/C57H38N4/c1-5-17-39(18-6-1)40-29-31-43(32-30-40)57-59-52(42-20-7-2-8-21-42)38-54(60-57)48-27-15-16-28-49(48)56-51-35-33-41-19-13-14-26-47(41)55(51)50-36-34-46(37-53(50)58-56)61(44-22-9-3-10-23-44)45-24-11-4-12-25-45/h1-38H. The number of hydrogen-bond donors (Lipinski definition) is 0. The number of para-hydroxylation sites is 2. The fourth-order valence-electron chi connectivity index (χ4n) is 8.54. The average molecular weight is 779 g/mol. The van der Waals surface area contributed by atoms with E-state index in [9.17, 15) is 0 Å². The minimum Gasteiger partial charge on any atom is -0.310 e. The molecule has 0 amide bonds. The predicted molar refractivity (Wildman–Crippen MR) is 254 cm³/mol. The number of aromatic nitrogens is 3. The van der Waals surface area contributed by atoms with Crippen LogP contribution in [0.3, 0.4) is 0 Å². The van der Waals surface area contributed by atoms with Crippen molar-refractivity contribution < 1.29 is 0 Å². The van der Waals surface area contributed by atoms with Gasteiger partial charge >= 0.3 is 0 Å². The fraction of sp³-hybridized carbons (Fsp3) is 0. The molecule has 2 heterocycles. The van der Waals surface area contributed by atoms with Crippen molar-refractivity contribution in [3.05, 3.63) is 231 Å². The van der Waals surface area contributed by atoms with E-state index in [2.05, 4.69) is 223 Å². The molecule has 0 saturated heterocycles. The molecule has 61 heavy (non-hydrogen) atoms. The van der Waals surface area contributed by atoms with Gasteiger partial charge in [-0.15, -0.1) is 0 Å². The number of anilines is 3. The first kappa shape index (κ1) is 35.9. The van der Waals surface area contributed by atoms with Gasteiger partial charge in [-0.1, -0.05) is 188 Å². The summed E-state index contributed by atoms with van der Waals surface area (Å²) in [5.74, 6) is 0.666. The Morgan fingerprint density at radius 2 is 0.852 bits per heavy atom. The van der Waals surface area contributed by atoms with Crippen LogP contribution in [0.1, 0.15) is 0 Å². The second-order valence-corrected chi connectivity index (χ2v) is 15.2. The molecule has 0 aliphatic rings. The monoisotopic (exact) mass is 778 g/mol. The lowest BCUT2D eigenvalue weighted by Gasteiger charge is -2.26. The highest BCUT2D eigenvalue weighted by atomic mass is 15.1. The summed E-state index contributed by atoms with van der Waals surface area (Å²) in [6.45, 7) is 0. The van der Waals surface area contributed by atoms with Crippen molar-refractivity contribution in [3.8, 4) is 56.3 Å². The van der Waals surface area contributed by atoms with Gasteiger partial charge in [-0.2, -0.15) is 0 Å². The topological polar surface area (TPSA) is 41.9 Å². The van der Waals surface area contributed by atoms with Gasteiger partial charge in [-0.3, -0.25) is 0 Å². The van der Waals surface area contributed by atoms with Crippen LogP contribution in [0, 0.1) is 0 Å². The lowest BCUT2D eigenvalue weighted by molar-refractivity contribution is 1.18. The van der Waals surface area contributed by atoms with E-state index in [1.54, 1.807) is 0 Å². The van der Waals surface area contributed by atoms with Crippen LogP contribution in [0.5, 0.6) is 0 Å². The third-order valence-electron chi connectivity index (χ3n) is 11.5. The lowest BCUT2D eigenvalue weighted by Crippen LogP contribution is -2.09. The number of hydrogen-bond acceptors (Lipinski definition) is 4. The zero-order chi connectivity index (χ0) is 40.5. The second-order valence-electron chi connectivity index (χ2n) is 15.2. The van der Waals surface area contributed by atoms with Gasteiger partial charge in [0.05, 0.1) is 22.6 Å². The molecule has 9 aromatic carbocycles. The molecule has 11 rings (SSSR count). The summed E-state index contributed by atoms with van der Waals surface area (Å²) < 4.78 is 0. The first-order valence-electron chi connectivity index (χ1n) is 20.6. The van der Waals surface area contributed by atoms with Crippen molar-refractivity contribution >= 4 is 49.5 Å². The summed E-state index contributed by atoms with van der Waals surface area (Å²) in [6.07, 6.45) is 0. The Bertz CT molecular complexity index is 3290. The summed E-state index contributed by atoms with van der Waals surface area (Å²) >= 11 is 0. The molecule has 0 fully saturated rings. The lowest BCUT2D eigenvalue weighted by atomic mass is 9.92. The SMILES string of the molecule is c1ccc(-c2ccc(-c3nc(-c4ccccc4)cc(-c4ccccc4-c4nc5cc(N(c6ccccc6)c6ccccc6)ccc5c5c4ccc4ccccc45)n3)cc2)cc1. The predicted octanol–water partition coefficient (Wildman–Crippen LogP) is 15.1. The normalized spacial score (nSPS) is 11.3. The Balaban J connectivity index is 1.13. The first-order chi connectivity index (χ1) is 30.2. The molecule has 0 unspecified atom stereocenters. The van der Waals surface area contributed by atoms with E-state index in [0.29, 0.717) is 5.82 Å². The average Bonchev–Trinajstić information content (AvgIpc) is 3.34. The van der Waals surface area contributed by atoms with Gasteiger partial charge in [0, 0.05) is 55.5 Å². The zero-order valence-corrected chi connectivity index (χ0v) is 33.2. The molecule has 0 spiro atoms. The Morgan fingerprint density at radius 3 is 1.56 bits per heavy atom. The summed E-state index contributed by atoms with van der Waals surface area (Å²) in [5.41, 5.74) is 13.0. The van der Waals surface area contributed by atoms with E-state index >= 15 is 0 Å². The van der Waals surface area contributed by atoms with Gasteiger partial charge in [0.2, 0.25) is 0 Å². The van der Waals surface area contributed by atoms with Gasteiger partial charge < -0.3 is 4.90 Å². The van der Waals surface area contributed by atoms with Crippen LogP contribution in [0.2, 0.25) is 0 Å². The number of nitrogens with zero attached hydrogens (tertiary/aromatic N) is 4. The summed E-state index contributed by atoms with van der Waals surface area (Å²) in [5, 5.41) is 5.75. The maximum Gasteiger partial charge on any atom is 0.160 e. The molecule has 0 aliphatic carbocycles. The summed E-state index contributed by atoms with van der Waals surface area (Å²) in [7, 11) is 0. The van der Waals surface area contributed by atoms with Crippen molar-refractivity contribution in [3.63, 3.8) is 0 Å². The number of rotatable bonds is 8. The fourth-order valence-corrected chi connectivity index (χ4v) is 8.54. The highest BCUT2D eigenvalue weighted by Gasteiger charge is 2.20. The Kier molecular flexibility index (Phi) is 9.14. The number of fused-ring (bicyclic) bond motifs is 5. The van der Waals surface area contributed by atoms with Crippen molar-refractivity contribution in [1.82, 2.24) is 15.0 Å². The van der Waals surface area contributed by atoms with Gasteiger partial charge in [-0.25, -0.2) is 15.0 Å². The van der Waals surface area contributed by atoms with E-state index in [1.165, 1.54) is 21.7 Å². The molecule has 11 aromatic rings. The van der Waals surface area contributed by atoms with Crippen molar-refractivity contribution in [2.75, 3.05) is 4.90 Å². The molecule has 4 nitrogen and oxygen atoms in total. The molecule has 0 saturated carbocycles. The van der Waals surface area contributed by atoms with Crippen LogP contribution in [0.25, 0.3) is 88.7 Å².